The molecule has 0 unspecified atom stereocenters. The summed E-state index contributed by atoms with van der Waals surface area (Å²) in [7, 11) is 0. The fraction of sp³-hybridized carbons (Fsp3) is 0.533. The first-order valence-electron chi connectivity index (χ1n) is 6.92. The van der Waals surface area contributed by atoms with Crippen LogP contribution < -0.4 is 5.43 Å². The molecule has 0 amide bonds. The second-order valence-electron chi connectivity index (χ2n) is 4.58. The Morgan fingerprint density at radius 2 is 2.00 bits per heavy atom. The zero-order valence-electron chi connectivity index (χ0n) is 12.7. The van der Waals surface area contributed by atoms with E-state index < -0.39 is 0 Å². The number of hydrazone groups is 1. The fourth-order valence-corrected chi connectivity index (χ4v) is 1.51. The van der Waals surface area contributed by atoms with E-state index >= 15 is 0 Å². The van der Waals surface area contributed by atoms with Gasteiger partial charge in [-0.25, -0.2) is 9.78 Å². The highest BCUT2D eigenvalue weighted by molar-refractivity contribution is 5.77. The number of nitrogens with one attached hydrogen (secondary N) is 1. The summed E-state index contributed by atoms with van der Waals surface area (Å²) in [5, 5.41) is 4.30. The molecule has 1 N–H and O–H groups in total. The Balaban J connectivity index is 2.57. The first kappa shape index (κ1) is 16.5. The van der Waals surface area contributed by atoms with Gasteiger partial charge in [0, 0.05) is 0 Å². The molecule has 0 spiro atoms. The summed E-state index contributed by atoms with van der Waals surface area (Å²) in [6.07, 6.45) is 0.622. The van der Waals surface area contributed by atoms with Crippen molar-refractivity contribution in [2.75, 3.05) is 18.6 Å². The quantitative estimate of drug-likeness (QED) is 0.260. The van der Waals surface area contributed by atoms with Gasteiger partial charge in [0.2, 0.25) is 5.90 Å². The monoisotopic (exact) mass is 280 g/mol. The molecule has 0 radical (unpaired) electrons. The fourth-order valence-electron chi connectivity index (χ4n) is 1.51. The molecule has 0 aliphatic carbocycles. The van der Waals surface area contributed by atoms with Gasteiger partial charge in [-0.05, 0) is 39.3 Å². The van der Waals surface area contributed by atoms with Crippen molar-refractivity contribution in [2.24, 2.45) is 5.10 Å². The van der Waals surface area contributed by atoms with Crippen LogP contribution in [-0.2, 0) is 14.5 Å². The summed E-state index contributed by atoms with van der Waals surface area (Å²) in [6, 6.07) is 7.96. The van der Waals surface area contributed by atoms with Crippen molar-refractivity contribution in [1.82, 2.24) is 0 Å². The van der Waals surface area contributed by atoms with E-state index in [1.807, 2.05) is 52.0 Å². The van der Waals surface area contributed by atoms with Crippen molar-refractivity contribution in [1.29, 1.82) is 0 Å². The zero-order valence-corrected chi connectivity index (χ0v) is 12.7. The molecule has 112 valence electrons. The van der Waals surface area contributed by atoms with Gasteiger partial charge in [0.15, 0.2) is 0 Å². The average Bonchev–Trinajstić information content (AvgIpc) is 2.41. The summed E-state index contributed by atoms with van der Waals surface area (Å²) in [5.41, 5.74) is 5.12. The van der Waals surface area contributed by atoms with Gasteiger partial charge < -0.3 is 4.74 Å². The van der Waals surface area contributed by atoms with Crippen LogP contribution in [0.25, 0.3) is 0 Å². The zero-order chi connectivity index (χ0) is 14.8. The normalized spacial score (nSPS) is 11.8. The van der Waals surface area contributed by atoms with Gasteiger partial charge in [-0.15, -0.1) is 5.10 Å². The van der Waals surface area contributed by atoms with Crippen LogP contribution in [-0.4, -0.2) is 25.2 Å². The molecule has 5 nitrogen and oxygen atoms in total. The van der Waals surface area contributed by atoms with E-state index in [0.29, 0.717) is 25.5 Å². The molecule has 0 aliphatic heterocycles. The molecule has 0 aliphatic rings. The van der Waals surface area contributed by atoms with E-state index in [4.69, 9.17) is 14.5 Å². The molecule has 20 heavy (non-hydrogen) atoms. The Kier molecular flexibility index (Phi) is 7.69. The Labute approximate surface area is 120 Å². The van der Waals surface area contributed by atoms with Gasteiger partial charge in [0.1, 0.15) is 0 Å². The van der Waals surface area contributed by atoms with Crippen molar-refractivity contribution in [2.45, 2.75) is 40.2 Å². The molecule has 0 bridgehead atoms. The van der Waals surface area contributed by atoms with Gasteiger partial charge in [-0.2, -0.15) is 0 Å². The maximum absolute atomic E-state index is 5.64. The predicted octanol–water partition coefficient (Wildman–Crippen LogP) is 3.50. The third-order valence-corrected chi connectivity index (χ3v) is 2.42. The van der Waals surface area contributed by atoms with Gasteiger partial charge >= 0.3 is 0 Å². The van der Waals surface area contributed by atoms with Crippen LogP contribution in [0.3, 0.4) is 0 Å². The molecule has 5 heteroatoms. The lowest BCUT2D eigenvalue weighted by Gasteiger charge is -2.13. The predicted molar refractivity (Wildman–Crippen MR) is 80.7 cm³/mol. The van der Waals surface area contributed by atoms with Crippen molar-refractivity contribution >= 4 is 11.6 Å². The first-order chi connectivity index (χ1) is 9.63. The number of nitrogens with zero attached hydrogens (tertiary/aromatic N) is 1. The Hall–Kier alpha value is -1.59. The minimum absolute atomic E-state index is 0.0690. The van der Waals surface area contributed by atoms with Crippen molar-refractivity contribution in [3.05, 3.63) is 29.8 Å². The lowest BCUT2D eigenvalue weighted by atomic mass is 10.2. The van der Waals surface area contributed by atoms with E-state index in [2.05, 4.69) is 10.5 Å². The maximum atomic E-state index is 5.64. The Morgan fingerprint density at radius 3 is 2.65 bits per heavy atom. The van der Waals surface area contributed by atoms with Gasteiger partial charge in [0.25, 0.3) is 0 Å². The summed E-state index contributed by atoms with van der Waals surface area (Å²) in [6.45, 7) is 8.77. The number of rotatable bonds is 8. The standard InChI is InChI=1S/C15H24N2O3/c1-5-18-19-11-10-15(20-12(2)3)17-16-14-9-7-6-8-13(14)4/h6-9,12,16H,5,10-11H2,1-4H3/b17-15-. The molecular formula is C15H24N2O3. The van der Waals surface area contributed by atoms with Crippen LogP contribution in [0, 0.1) is 6.92 Å². The Bertz CT molecular complexity index is 419. The second kappa shape index (κ2) is 9.34. The average molecular weight is 280 g/mol. The highest BCUT2D eigenvalue weighted by atomic mass is 17.2. The molecule has 0 saturated carbocycles. The van der Waals surface area contributed by atoms with Crippen LogP contribution >= 0.6 is 0 Å². The largest absolute Gasteiger partial charge is 0.477 e. The second-order valence-corrected chi connectivity index (χ2v) is 4.58. The molecule has 0 atom stereocenters. The smallest absolute Gasteiger partial charge is 0.208 e. The van der Waals surface area contributed by atoms with E-state index in [-0.39, 0.29) is 6.10 Å². The first-order valence-corrected chi connectivity index (χ1v) is 6.92. The van der Waals surface area contributed by atoms with Gasteiger partial charge in [0.05, 0.1) is 31.4 Å². The molecule has 0 fully saturated rings. The SMILES string of the molecule is CCOOCC/C(=N/Nc1ccccc1C)OC(C)C. The number of aryl methyl sites for hydroxylation is 1. The summed E-state index contributed by atoms with van der Waals surface area (Å²) in [5.74, 6) is 0.600. The molecular weight excluding hydrogens is 256 g/mol. The molecule has 0 heterocycles. The number of hydrogen-bond acceptors (Lipinski definition) is 5. The highest BCUT2D eigenvalue weighted by Gasteiger charge is 2.05. The highest BCUT2D eigenvalue weighted by Crippen LogP contribution is 2.13. The van der Waals surface area contributed by atoms with Gasteiger partial charge in [-0.1, -0.05) is 18.2 Å². The minimum Gasteiger partial charge on any atom is -0.477 e. The minimum atomic E-state index is 0.0690. The van der Waals surface area contributed by atoms with E-state index in [1.165, 1.54) is 0 Å². The van der Waals surface area contributed by atoms with Gasteiger partial charge in [-0.3, -0.25) is 5.43 Å². The van der Waals surface area contributed by atoms with Crippen molar-refractivity contribution < 1.29 is 14.5 Å². The van der Waals surface area contributed by atoms with Crippen LogP contribution in [0.1, 0.15) is 32.8 Å². The number of benzene rings is 1. The van der Waals surface area contributed by atoms with E-state index in [1.54, 1.807) is 0 Å². The summed E-state index contributed by atoms with van der Waals surface area (Å²) in [4.78, 5) is 9.82. The lowest BCUT2D eigenvalue weighted by Crippen LogP contribution is -2.16. The lowest BCUT2D eigenvalue weighted by molar-refractivity contribution is -0.289. The Morgan fingerprint density at radius 1 is 1.25 bits per heavy atom. The third-order valence-electron chi connectivity index (χ3n) is 2.42. The topological polar surface area (TPSA) is 52.1 Å². The maximum Gasteiger partial charge on any atom is 0.208 e. The number of anilines is 1. The van der Waals surface area contributed by atoms with Crippen LogP contribution in [0.15, 0.2) is 29.4 Å². The van der Waals surface area contributed by atoms with E-state index in [0.717, 1.165) is 11.3 Å². The van der Waals surface area contributed by atoms with Crippen LogP contribution in [0.2, 0.25) is 0 Å². The van der Waals surface area contributed by atoms with Crippen molar-refractivity contribution in [3.63, 3.8) is 0 Å². The summed E-state index contributed by atoms with van der Waals surface area (Å²) < 4.78 is 5.64. The third kappa shape index (κ3) is 6.54. The molecule has 1 aromatic rings. The molecule has 0 aromatic heterocycles. The van der Waals surface area contributed by atoms with Crippen LogP contribution in [0.5, 0.6) is 0 Å². The van der Waals surface area contributed by atoms with Crippen molar-refractivity contribution in [3.8, 4) is 0 Å². The molecule has 1 rings (SSSR count). The van der Waals surface area contributed by atoms with E-state index in [9.17, 15) is 0 Å². The molecule has 1 aromatic carbocycles. The number of para-hydroxylation sites is 1. The van der Waals surface area contributed by atoms with Crippen LogP contribution in [0.4, 0.5) is 5.69 Å². The molecule has 0 saturated heterocycles. The number of hydrogen-bond donors (Lipinski definition) is 1. The number of ether oxygens (including phenoxy) is 1. The summed E-state index contributed by atoms with van der Waals surface area (Å²) >= 11 is 0.